The average Bonchev–Trinajstić information content (AvgIpc) is 3.31. The molecule has 27 heavy (non-hydrogen) atoms. The molecule has 3 atom stereocenters. The van der Waals surface area contributed by atoms with Gasteiger partial charge in [0.15, 0.2) is 0 Å². The molecule has 8 heteroatoms. The second-order valence-electron chi connectivity index (χ2n) is 6.57. The average molecular weight is 411 g/mol. The van der Waals surface area contributed by atoms with Crippen LogP contribution >= 0.6 is 22.7 Å². The van der Waals surface area contributed by atoms with Crippen LogP contribution in [0.1, 0.15) is 43.8 Å². The lowest BCUT2D eigenvalue weighted by atomic mass is 9.95. The molecule has 2 rings (SSSR count). The van der Waals surface area contributed by atoms with Crippen LogP contribution in [0, 0.1) is 5.92 Å². The van der Waals surface area contributed by atoms with E-state index in [9.17, 15) is 9.90 Å². The first kappa shape index (κ1) is 21.7. The largest absolute Gasteiger partial charge is 0.469 e. The van der Waals surface area contributed by atoms with E-state index in [1.165, 1.54) is 7.11 Å². The van der Waals surface area contributed by atoms with Gasteiger partial charge in [-0.2, -0.15) is 0 Å². The van der Waals surface area contributed by atoms with Crippen LogP contribution < -0.4 is 0 Å². The van der Waals surface area contributed by atoms with Crippen molar-refractivity contribution in [2.24, 2.45) is 5.92 Å². The molecule has 0 saturated carbocycles. The summed E-state index contributed by atoms with van der Waals surface area (Å²) in [5.41, 5.74) is 1.71. The molecule has 0 aliphatic carbocycles. The Kier molecular flexibility index (Phi) is 8.09. The summed E-state index contributed by atoms with van der Waals surface area (Å²) in [4.78, 5) is 20.6. The van der Waals surface area contributed by atoms with Gasteiger partial charge in [0.25, 0.3) is 0 Å². The summed E-state index contributed by atoms with van der Waals surface area (Å²) in [7, 11) is 2.88. The fourth-order valence-corrected chi connectivity index (χ4v) is 4.09. The van der Waals surface area contributed by atoms with Crippen LogP contribution in [0.15, 0.2) is 16.8 Å². The fourth-order valence-electron chi connectivity index (χ4n) is 2.45. The minimum Gasteiger partial charge on any atom is -0.469 e. The molecule has 0 aliphatic rings. The number of methoxy groups -OCH3 is 2. The van der Waals surface area contributed by atoms with Gasteiger partial charge in [-0.05, 0) is 6.08 Å². The van der Waals surface area contributed by atoms with Crippen LogP contribution in [-0.4, -0.2) is 47.5 Å². The van der Waals surface area contributed by atoms with E-state index in [1.54, 1.807) is 29.8 Å². The SMILES string of the molecule is COC(=O)CC(O)[C@@H](C)[C@@H](/C=C/c1csc(-c2csc(C(C)C)n2)n1)OC. The van der Waals surface area contributed by atoms with Crippen molar-refractivity contribution < 1.29 is 19.4 Å². The van der Waals surface area contributed by atoms with Gasteiger partial charge in [0.2, 0.25) is 0 Å². The van der Waals surface area contributed by atoms with Crippen molar-refractivity contribution in [3.8, 4) is 10.7 Å². The number of thiazole rings is 2. The lowest BCUT2D eigenvalue weighted by Crippen LogP contribution is -2.31. The van der Waals surface area contributed by atoms with Crippen LogP contribution in [0.2, 0.25) is 0 Å². The van der Waals surface area contributed by atoms with Crippen LogP contribution in [0.5, 0.6) is 0 Å². The number of aromatic nitrogens is 2. The number of aliphatic hydroxyl groups excluding tert-OH is 1. The molecular formula is C19H26N2O4S2. The van der Waals surface area contributed by atoms with Crippen molar-refractivity contribution in [3.05, 3.63) is 27.5 Å². The van der Waals surface area contributed by atoms with E-state index >= 15 is 0 Å². The maximum Gasteiger partial charge on any atom is 0.308 e. The minimum absolute atomic E-state index is 0.0613. The molecule has 1 N–H and O–H groups in total. The first-order valence-corrected chi connectivity index (χ1v) is 10.5. The number of carbonyl (C=O) groups is 1. The molecule has 2 heterocycles. The fraction of sp³-hybridized carbons (Fsp3) is 0.526. The van der Waals surface area contributed by atoms with Gasteiger partial charge in [-0.25, -0.2) is 9.97 Å². The highest BCUT2D eigenvalue weighted by Gasteiger charge is 2.25. The summed E-state index contributed by atoms with van der Waals surface area (Å²) in [5.74, 6) is -0.305. The van der Waals surface area contributed by atoms with Crippen molar-refractivity contribution >= 4 is 34.7 Å². The highest BCUT2D eigenvalue weighted by Crippen LogP contribution is 2.29. The number of ether oxygens (including phenoxy) is 2. The number of aliphatic hydroxyl groups is 1. The monoisotopic (exact) mass is 410 g/mol. The summed E-state index contributed by atoms with van der Waals surface area (Å²) in [6, 6.07) is 0. The van der Waals surface area contributed by atoms with E-state index in [2.05, 4.69) is 28.6 Å². The van der Waals surface area contributed by atoms with Crippen LogP contribution in [-0.2, 0) is 14.3 Å². The Morgan fingerprint density at radius 3 is 2.56 bits per heavy atom. The zero-order chi connectivity index (χ0) is 20.0. The number of hydrogen-bond acceptors (Lipinski definition) is 8. The zero-order valence-corrected chi connectivity index (χ0v) is 17.8. The molecule has 0 amide bonds. The topological polar surface area (TPSA) is 81.5 Å². The molecule has 2 aromatic rings. The third kappa shape index (κ3) is 5.93. The second kappa shape index (κ2) is 10.1. The lowest BCUT2D eigenvalue weighted by Gasteiger charge is -2.24. The predicted octanol–water partition coefficient (Wildman–Crippen LogP) is 3.98. The molecule has 6 nitrogen and oxygen atoms in total. The zero-order valence-electron chi connectivity index (χ0n) is 16.2. The van der Waals surface area contributed by atoms with Crippen molar-refractivity contribution in [2.75, 3.05) is 14.2 Å². The summed E-state index contributed by atoms with van der Waals surface area (Å²) < 4.78 is 10.1. The molecule has 2 aromatic heterocycles. The smallest absolute Gasteiger partial charge is 0.308 e. The lowest BCUT2D eigenvalue weighted by molar-refractivity contribution is -0.144. The second-order valence-corrected chi connectivity index (χ2v) is 8.32. The minimum atomic E-state index is -0.845. The maximum absolute atomic E-state index is 11.3. The number of carbonyl (C=O) groups excluding carboxylic acids is 1. The molecule has 0 radical (unpaired) electrons. The molecule has 0 bridgehead atoms. The molecular weight excluding hydrogens is 384 g/mol. The standard InChI is InChI=1S/C19H26N2O4S2/c1-11(2)18-21-14(10-27-18)19-20-13(9-26-19)6-7-16(24-4)12(3)15(22)8-17(23)25-5/h6-7,9-12,15-16,22H,8H2,1-5H3/b7-6+/t12-,15?,16-/m1/s1. The number of nitrogens with zero attached hydrogens (tertiary/aromatic N) is 2. The Morgan fingerprint density at radius 1 is 1.22 bits per heavy atom. The third-order valence-electron chi connectivity index (χ3n) is 4.21. The first-order valence-electron chi connectivity index (χ1n) is 8.72. The Balaban J connectivity index is 2.05. The normalized spacial score (nSPS) is 15.2. The first-order chi connectivity index (χ1) is 12.8. The number of rotatable bonds is 9. The quantitative estimate of drug-likeness (QED) is 0.630. The number of hydrogen-bond donors (Lipinski definition) is 1. The Morgan fingerprint density at radius 2 is 1.96 bits per heavy atom. The third-order valence-corrected chi connectivity index (χ3v) is 6.24. The van der Waals surface area contributed by atoms with E-state index in [4.69, 9.17) is 4.74 Å². The van der Waals surface area contributed by atoms with Crippen molar-refractivity contribution in [1.82, 2.24) is 9.97 Å². The van der Waals surface area contributed by atoms with Gasteiger partial charge in [-0.1, -0.05) is 26.8 Å². The summed E-state index contributed by atoms with van der Waals surface area (Å²) >= 11 is 3.19. The van der Waals surface area contributed by atoms with Gasteiger partial charge in [0.1, 0.15) is 10.7 Å². The summed E-state index contributed by atoms with van der Waals surface area (Å²) in [6.45, 7) is 6.08. The Labute approximate surface area is 167 Å². The molecule has 148 valence electrons. The van der Waals surface area contributed by atoms with E-state index in [-0.39, 0.29) is 18.4 Å². The van der Waals surface area contributed by atoms with Crippen molar-refractivity contribution in [1.29, 1.82) is 0 Å². The van der Waals surface area contributed by atoms with E-state index in [0.29, 0.717) is 5.92 Å². The summed E-state index contributed by atoms with van der Waals surface area (Å²) in [6.07, 6.45) is 2.47. The Bertz CT molecular complexity index is 769. The van der Waals surface area contributed by atoms with E-state index < -0.39 is 12.1 Å². The van der Waals surface area contributed by atoms with Gasteiger partial charge in [0, 0.05) is 29.7 Å². The highest BCUT2D eigenvalue weighted by molar-refractivity contribution is 7.14. The van der Waals surface area contributed by atoms with Gasteiger partial charge in [-0.15, -0.1) is 22.7 Å². The van der Waals surface area contributed by atoms with Crippen molar-refractivity contribution in [3.63, 3.8) is 0 Å². The van der Waals surface area contributed by atoms with Gasteiger partial charge < -0.3 is 14.6 Å². The molecule has 1 unspecified atom stereocenters. The van der Waals surface area contributed by atoms with Crippen LogP contribution in [0.3, 0.4) is 0 Å². The molecule has 0 aromatic carbocycles. The number of esters is 1. The highest BCUT2D eigenvalue weighted by atomic mass is 32.1. The molecule has 0 spiro atoms. The molecule has 0 saturated heterocycles. The van der Waals surface area contributed by atoms with Crippen LogP contribution in [0.25, 0.3) is 16.8 Å². The van der Waals surface area contributed by atoms with Gasteiger partial charge in [-0.3, -0.25) is 4.79 Å². The van der Waals surface area contributed by atoms with E-state index in [1.807, 2.05) is 29.8 Å². The Hall–Kier alpha value is -1.61. The maximum atomic E-state index is 11.3. The predicted molar refractivity (Wildman–Crippen MR) is 109 cm³/mol. The summed E-state index contributed by atoms with van der Waals surface area (Å²) in [5, 5.41) is 16.2. The molecule has 0 fully saturated rings. The van der Waals surface area contributed by atoms with Crippen LogP contribution in [0.4, 0.5) is 0 Å². The van der Waals surface area contributed by atoms with Crippen molar-refractivity contribution in [2.45, 2.75) is 45.3 Å². The van der Waals surface area contributed by atoms with Gasteiger partial charge in [0.05, 0.1) is 36.4 Å². The van der Waals surface area contributed by atoms with Gasteiger partial charge >= 0.3 is 5.97 Å². The molecule has 0 aliphatic heterocycles. The van der Waals surface area contributed by atoms with E-state index in [0.717, 1.165) is 21.4 Å².